The molecule has 5 heteroatoms. The topological polar surface area (TPSA) is 67.8 Å². The molecule has 20 heavy (non-hydrogen) atoms. The van der Waals surface area contributed by atoms with E-state index in [1.165, 1.54) is 0 Å². The second-order valence-corrected chi connectivity index (χ2v) is 4.03. The number of carbonyl (C=O) groups excluding carboxylic acids is 1. The first kappa shape index (κ1) is 16.2. The molecule has 0 saturated heterocycles. The highest BCUT2D eigenvalue weighted by molar-refractivity contribution is 5.96. The van der Waals surface area contributed by atoms with Gasteiger partial charge in [0.15, 0.2) is 0 Å². The van der Waals surface area contributed by atoms with Crippen LogP contribution in [0, 0.1) is 11.8 Å². The molecule has 1 aromatic rings. The predicted molar refractivity (Wildman–Crippen MR) is 75.4 cm³/mol. The fraction of sp³-hybridized carbons (Fsp3) is 0.400. The van der Waals surface area contributed by atoms with Crippen LogP contribution in [0.1, 0.15) is 15.9 Å². The average molecular weight is 277 g/mol. The summed E-state index contributed by atoms with van der Waals surface area (Å²) in [6.07, 6.45) is -0.195. The van der Waals surface area contributed by atoms with Crippen LogP contribution in [0.3, 0.4) is 0 Å². The Hall–Kier alpha value is -1.87. The van der Waals surface area contributed by atoms with E-state index in [1.54, 1.807) is 38.5 Å². The second kappa shape index (κ2) is 9.10. The van der Waals surface area contributed by atoms with Gasteiger partial charge in [0.25, 0.3) is 5.91 Å². The quantitative estimate of drug-likeness (QED) is 0.740. The number of hydrogen-bond donors (Lipinski definition) is 2. The second-order valence-electron chi connectivity index (χ2n) is 4.03. The standard InChI is InChI=1S/C15H19NO4/c1-19-11-13(20-2)10-16-15(18)14-8-4-3-6-12(14)7-5-9-17/h3-4,6,8,13,17H,9-11H2,1-2H3,(H,16,18). The van der Waals surface area contributed by atoms with Crippen molar-refractivity contribution in [2.75, 3.05) is 34.0 Å². The zero-order valence-electron chi connectivity index (χ0n) is 11.7. The van der Waals surface area contributed by atoms with Gasteiger partial charge in [-0.15, -0.1) is 0 Å². The van der Waals surface area contributed by atoms with Crippen LogP contribution in [-0.4, -0.2) is 51.1 Å². The van der Waals surface area contributed by atoms with E-state index < -0.39 is 0 Å². The van der Waals surface area contributed by atoms with Gasteiger partial charge in [0.1, 0.15) is 6.61 Å². The highest BCUT2D eigenvalue weighted by Crippen LogP contribution is 2.07. The smallest absolute Gasteiger partial charge is 0.252 e. The molecule has 0 spiro atoms. The number of ether oxygens (including phenoxy) is 2. The van der Waals surface area contributed by atoms with Gasteiger partial charge >= 0.3 is 0 Å². The Morgan fingerprint density at radius 3 is 2.80 bits per heavy atom. The van der Waals surface area contributed by atoms with Crippen molar-refractivity contribution >= 4 is 5.91 Å². The van der Waals surface area contributed by atoms with E-state index in [9.17, 15) is 4.79 Å². The van der Waals surface area contributed by atoms with Crippen molar-refractivity contribution in [1.82, 2.24) is 5.32 Å². The summed E-state index contributed by atoms with van der Waals surface area (Å²) in [4.78, 5) is 12.1. The molecule has 0 aliphatic rings. The van der Waals surface area contributed by atoms with Crippen LogP contribution in [0.5, 0.6) is 0 Å². The molecule has 0 bridgehead atoms. The van der Waals surface area contributed by atoms with Crippen LogP contribution in [0.15, 0.2) is 24.3 Å². The Balaban J connectivity index is 2.72. The lowest BCUT2D eigenvalue weighted by Gasteiger charge is -2.15. The molecule has 1 unspecified atom stereocenters. The van der Waals surface area contributed by atoms with Gasteiger partial charge in [-0.3, -0.25) is 4.79 Å². The van der Waals surface area contributed by atoms with Gasteiger partial charge < -0.3 is 19.9 Å². The number of benzene rings is 1. The summed E-state index contributed by atoms with van der Waals surface area (Å²) < 4.78 is 10.2. The Morgan fingerprint density at radius 2 is 2.15 bits per heavy atom. The molecule has 1 aromatic carbocycles. The number of hydrogen-bond acceptors (Lipinski definition) is 4. The lowest BCUT2D eigenvalue weighted by molar-refractivity contribution is 0.0285. The predicted octanol–water partition coefficient (Wildman–Crippen LogP) is 0.422. The minimum absolute atomic E-state index is 0.195. The van der Waals surface area contributed by atoms with Crippen LogP contribution < -0.4 is 5.32 Å². The molecule has 0 heterocycles. The average Bonchev–Trinajstić information content (AvgIpc) is 2.49. The van der Waals surface area contributed by atoms with Gasteiger partial charge in [-0.25, -0.2) is 0 Å². The molecule has 1 rings (SSSR count). The third-order valence-corrected chi connectivity index (χ3v) is 2.65. The van der Waals surface area contributed by atoms with Crippen molar-refractivity contribution < 1.29 is 19.4 Å². The van der Waals surface area contributed by atoms with E-state index >= 15 is 0 Å². The number of carbonyl (C=O) groups is 1. The van der Waals surface area contributed by atoms with Crippen LogP contribution in [0.2, 0.25) is 0 Å². The molecule has 0 radical (unpaired) electrons. The van der Waals surface area contributed by atoms with Crippen molar-refractivity contribution in [2.24, 2.45) is 0 Å². The largest absolute Gasteiger partial charge is 0.384 e. The maximum Gasteiger partial charge on any atom is 0.252 e. The molecular weight excluding hydrogens is 258 g/mol. The van der Waals surface area contributed by atoms with E-state index in [4.69, 9.17) is 14.6 Å². The van der Waals surface area contributed by atoms with E-state index in [1.807, 2.05) is 0 Å². The maximum atomic E-state index is 12.1. The Morgan fingerprint density at radius 1 is 1.40 bits per heavy atom. The Bertz CT molecular complexity index is 490. The minimum atomic E-state index is -0.241. The molecule has 108 valence electrons. The summed E-state index contributed by atoms with van der Waals surface area (Å²) in [6, 6.07) is 6.98. The number of nitrogens with one attached hydrogen (secondary N) is 1. The SMILES string of the molecule is COCC(CNC(=O)c1ccccc1C#CCO)OC. The van der Waals surface area contributed by atoms with Crippen molar-refractivity contribution in [1.29, 1.82) is 0 Å². The van der Waals surface area contributed by atoms with Crippen molar-refractivity contribution in [3.8, 4) is 11.8 Å². The molecule has 0 aromatic heterocycles. The molecular formula is C15H19NO4. The Labute approximate surface area is 118 Å². The van der Waals surface area contributed by atoms with E-state index in [0.717, 1.165) is 0 Å². The lowest BCUT2D eigenvalue weighted by Crippen LogP contribution is -2.35. The van der Waals surface area contributed by atoms with Gasteiger partial charge in [0.05, 0.1) is 18.3 Å². The fourth-order valence-corrected chi connectivity index (χ4v) is 1.62. The highest BCUT2D eigenvalue weighted by Gasteiger charge is 2.12. The molecule has 0 fully saturated rings. The van der Waals surface area contributed by atoms with Gasteiger partial charge in [-0.05, 0) is 12.1 Å². The molecule has 5 nitrogen and oxygen atoms in total. The van der Waals surface area contributed by atoms with Crippen molar-refractivity contribution in [3.05, 3.63) is 35.4 Å². The van der Waals surface area contributed by atoms with Gasteiger partial charge in [0, 0.05) is 26.3 Å². The summed E-state index contributed by atoms with van der Waals surface area (Å²) in [6.45, 7) is 0.517. The zero-order valence-corrected chi connectivity index (χ0v) is 11.7. The first-order chi connectivity index (χ1) is 9.72. The highest BCUT2D eigenvalue weighted by atomic mass is 16.5. The van der Waals surface area contributed by atoms with E-state index in [0.29, 0.717) is 24.3 Å². The summed E-state index contributed by atoms with van der Waals surface area (Å²) in [7, 11) is 3.14. The number of amides is 1. The summed E-state index contributed by atoms with van der Waals surface area (Å²) in [5, 5.41) is 11.5. The molecule has 1 atom stereocenters. The minimum Gasteiger partial charge on any atom is -0.384 e. The first-order valence-electron chi connectivity index (χ1n) is 6.21. The normalized spacial score (nSPS) is 11.3. The van der Waals surface area contributed by atoms with E-state index in [2.05, 4.69) is 17.2 Å². The molecule has 0 saturated carbocycles. The summed E-state index contributed by atoms with van der Waals surface area (Å²) >= 11 is 0. The monoisotopic (exact) mass is 277 g/mol. The zero-order chi connectivity index (χ0) is 14.8. The first-order valence-corrected chi connectivity index (χ1v) is 6.21. The van der Waals surface area contributed by atoms with Crippen molar-refractivity contribution in [2.45, 2.75) is 6.10 Å². The van der Waals surface area contributed by atoms with Crippen LogP contribution >= 0.6 is 0 Å². The molecule has 2 N–H and O–H groups in total. The molecule has 0 aliphatic heterocycles. The third-order valence-electron chi connectivity index (χ3n) is 2.65. The maximum absolute atomic E-state index is 12.1. The molecule has 0 aliphatic carbocycles. The number of aliphatic hydroxyl groups excluding tert-OH is 1. The fourth-order valence-electron chi connectivity index (χ4n) is 1.62. The van der Waals surface area contributed by atoms with Crippen LogP contribution in [-0.2, 0) is 9.47 Å². The number of rotatable bonds is 6. The van der Waals surface area contributed by atoms with Gasteiger partial charge in [0.2, 0.25) is 0 Å². The third kappa shape index (κ3) is 5.02. The van der Waals surface area contributed by atoms with Gasteiger partial charge in [-0.1, -0.05) is 24.0 Å². The number of methoxy groups -OCH3 is 2. The van der Waals surface area contributed by atoms with Crippen molar-refractivity contribution in [3.63, 3.8) is 0 Å². The Kier molecular flexibility index (Phi) is 7.36. The summed E-state index contributed by atoms with van der Waals surface area (Å²) in [5.41, 5.74) is 1.06. The number of aliphatic hydroxyl groups is 1. The van der Waals surface area contributed by atoms with Crippen LogP contribution in [0.25, 0.3) is 0 Å². The lowest BCUT2D eigenvalue weighted by atomic mass is 10.1. The van der Waals surface area contributed by atoms with E-state index in [-0.39, 0.29) is 18.6 Å². The molecule has 1 amide bonds. The van der Waals surface area contributed by atoms with Gasteiger partial charge in [-0.2, -0.15) is 0 Å². The van der Waals surface area contributed by atoms with Crippen LogP contribution in [0.4, 0.5) is 0 Å². The summed E-state index contributed by atoms with van der Waals surface area (Å²) in [5.74, 6) is 5.06.